The molecule has 3 aromatic carbocycles. The van der Waals surface area contributed by atoms with Gasteiger partial charge in [-0.25, -0.2) is 0 Å². The molecule has 2 heterocycles. The minimum Gasteiger partial charge on any atom is -0.489 e. The minimum atomic E-state index is -0.955. The summed E-state index contributed by atoms with van der Waals surface area (Å²) >= 11 is 6.46. The summed E-state index contributed by atoms with van der Waals surface area (Å²) in [6.45, 7) is 2.70. The molecule has 2 aliphatic heterocycles. The zero-order chi connectivity index (χ0) is 24.6. The lowest BCUT2D eigenvalue weighted by molar-refractivity contribution is -0.116. The first-order valence-corrected chi connectivity index (χ1v) is 12.8. The number of hydrogen-bond donors (Lipinski definition) is 2. The van der Waals surface area contributed by atoms with Gasteiger partial charge in [0.15, 0.2) is 5.71 Å². The van der Waals surface area contributed by atoms with E-state index in [0.29, 0.717) is 29.5 Å². The third-order valence-electron chi connectivity index (χ3n) is 7.09. The highest BCUT2D eigenvalue weighted by molar-refractivity contribution is 6.46. The summed E-state index contributed by atoms with van der Waals surface area (Å²) in [5.41, 5.74) is 2.53. The first kappa shape index (κ1) is 23.3. The molecule has 0 aromatic heterocycles. The lowest BCUT2D eigenvalue weighted by Crippen LogP contribution is -2.52. The standard InChI is InChI=1S/C28H28ClN3O4/c29-23-14-18(7-11-25(23)36-19-8-9-19)27(33)24(15-32-12-3-13-32)30-28(34)26-21-10-6-17-4-1-2-5-20(17)22(21)16-35-31-26/h1-2,4-7,10-11,14,19,24,27,33H,3,8-9,12-13,15-16H2,(H,30,34)/t24?,27-/m1/s1. The predicted molar refractivity (Wildman–Crippen MR) is 138 cm³/mol. The minimum absolute atomic E-state index is 0.217. The van der Waals surface area contributed by atoms with Crippen LogP contribution in [0.1, 0.15) is 42.1 Å². The summed E-state index contributed by atoms with van der Waals surface area (Å²) in [4.78, 5) is 21.2. The molecule has 3 aromatic rings. The zero-order valence-corrected chi connectivity index (χ0v) is 20.6. The van der Waals surface area contributed by atoms with E-state index < -0.39 is 12.1 Å². The van der Waals surface area contributed by atoms with Gasteiger partial charge in [-0.3, -0.25) is 4.79 Å². The molecule has 36 heavy (non-hydrogen) atoms. The molecule has 0 bridgehead atoms. The van der Waals surface area contributed by atoms with Crippen LogP contribution in [0.15, 0.2) is 59.8 Å². The number of amides is 1. The number of oxime groups is 1. The van der Waals surface area contributed by atoms with Gasteiger partial charge in [0.1, 0.15) is 18.5 Å². The van der Waals surface area contributed by atoms with Crippen LogP contribution in [0, 0.1) is 0 Å². The lowest BCUT2D eigenvalue weighted by Gasteiger charge is -2.36. The number of nitrogens with one attached hydrogen (secondary N) is 1. The third-order valence-corrected chi connectivity index (χ3v) is 7.39. The molecule has 8 heteroatoms. The second kappa shape index (κ2) is 9.73. The van der Waals surface area contributed by atoms with Gasteiger partial charge in [-0.15, -0.1) is 0 Å². The predicted octanol–water partition coefficient (Wildman–Crippen LogP) is 4.19. The van der Waals surface area contributed by atoms with Crippen LogP contribution in [0.3, 0.4) is 0 Å². The summed E-state index contributed by atoms with van der Waals surface area (Å²) < 4.78 is 5.83. The van der Waals surface area contributed by atoms with Crippen molar-refractivity contribution in [3.63, 3.8) is 0 Å². The monoisotopic (exact) mass is 505 g/mol. The normalized spacial score (nSPS) is 18.9. The van der Waals surface area contributed by atoms with Crippen molar-refractivity contribution in [1.82, 2.24) is 10.2 Å². The molecule has 1 unspecified atom stereocenters. The van der Waals surface area contributed by atoms with Gasteiger partial charge in [0, 0.05) is 17.7 Å². The van der Waals surface area contributed by atoms with Crippen LogP contribution >= 0.6 is 11.6 Å². The fourth-order valence-corrected chi connectivity index (χ4v) is 5.02. The van der Waals surface area contributed by atoms with Gasteiger partial charge in [0.25, 0.3) is 5.91 Å². The van der Waals surface area contributed by atoms with E-state index in [1.165, 1.54) is 0 Å². The maximum Gasteiger partial charge on any atom is 0.274 e. The van der Waals surface area contributed by atoms with Crippen LogP contribution in [0.25, 0.3) is 10.8 Å². The number of carbonyl (C=O) groups excluding carboxylic acids is 1. The van der Waals surface area contributed by atoms with E-state index in [0.717, 1.165) is 54.3 Å². The van der Waals surface area contributed by atoms with Crippen LogP contribution < -0.4 is 10.1 Å². The number of rotatable bonds is 8. The lowest BCUT2D eigenvalue weighted by atomic mass is 9.95. The van der Waals surface area contributed by atoms with Crippen molar-refractivity contribution in [2.45, 2.75) is 44.1 Å². The fourth-order valence-electron chi connectivity index (χ4n) is 4.79. The highest BCUT2D eigenvalue weighted by Gasteiger charge is 2.32. The molecule has 1 saturated heterocycles. The van der Waals surface area contributed by atoms with Gasteiger partial charge >= 0.3 is 0 Å². The van der Waals surface area contributed by atoms with Crippen molar-refractivity contribution >= 4 is 34.0 Å². The first-order valence-electron chi connectivity index (χ1n) is 12.4. The van der Waals surface area contributed by atoms with Gasteiger partial charge in [-0.2, -0.15) is 0 Å². The van der Waals surface area contributed by atoms with Gasteiger partial charge < -0.3 is 24.9 Å². The third kappa shape index (κ3) is 4.66. The largest absolute Gasteiger partial charge is 0.489 e. The van der Waals surface area contributed by atoms with E-state index in [-0.39, 0.29) is 17.7 Å². The molecule has 2 atom stereocenters. The van der Waals surface area contributed by atoms with Crippen molar-refractivity contribution < 1.29 is 19.5 Å². The summed E-state index contributed by atoms with van der Waals surface area (Å²) in [6, 6.07) is 16.7. The Kier molecular flexibility index (Phi) is 6.29. The number of hydrogen-bond acceptors (Lipinski definition) is 6. The van der Waals surface area contributed by atoms with Crippen LogP contribution in [0.2, 0.25) is 5.02 Å². The van der Waals surface area contributed by atoms with E-state index in [1.54, 1.807) is 12.1 Å². The highest BCUT2D eigenvalue weighted by atomic mass is 35.5. The molecule has 2 fully saturated rings. The number of nitrogens with zero attached hydrogens (tertiary/aromatic N) is 2. The number of likely N-dealkylation sites (tertiary alicyclic amines) is 1. The number of benzene rings is 3. The topological polar surface area (TPSA) is 83.4 Å². The van der Waals surface area contributed by atoms with Crippen molar-refractivity contribution in [1.29, 1.82) is 0 Å². The SMILES string of the molecule is O=C(NC(CN1CCC1)[C@H](O)c1ccc(OC2CC2)c(Cl)c1)C1=NOCc2c1ccc1ccccc21. The Bertz CT molecular complexity index is 1340. The fraction of sp³-hybridized carbons (Fsp3) is 0.357. The van der Waals surface area contributed by atoms with E-state index in [1.807, 2.05) is 42.5 Å². The molecule has 3 aliphatic rings. The van der Waals surface area contributed by atoms with Crippen LogP contribution in [-0.4, -0.2) is 53.4 Å². The number of fused-ring (bicyclic) bond motifs is 3. The van der Waals surface area contributed by atoms with E-state index in [9.17, 15) is 9.90 Å². The molecule has 186 valence electrons. The first-order chi connectivity index (χ1) is 17.6. The Morgan fingerprint density at radius 1 is 1.19 bits per heavy atom. The number of aliphatic hydroxyl groups is 1. The van der Waals surface area contributed by atoms with Crippen LogP contribution in [0.5, 0.6) is 5.75 Å². The summed E-state index contributed by atoms with van der Waals surface area (Å²) in [5.74, 6) is 0.242. The van der Waals surface area contributed by atoms with Crippen molar-refractivity contribution in [3.05, 3.63) is 76.3 Å². The van der Waals surface area contributed by atoms with Crippen LogP contribution in [-0.2, 0) is 16.2 Å². The molecule has 0 spiro atoms. The van der Waals surface area contributed by atoms with Crippen molar-refractivity contribution in [2.75, 3.05) is 19.6 Å². The van der Waals surface area contributed by atoms with E-state index in [2.05, 4.69) is 15.4 Å². The van der Waals surface area contributed by atoms with Gasteiger partial charge in [-0.1, -0.05) is 59.2 Å². The Labute approximate surface area is 214 Å². The Balaban J connectivity index is 1.25. The maximum atomic E-state index is 13.5. The van der Waals surface area contributed by atoms with E-state index >= 15 is 0 Å². The van der Waals surface area contributed by atoms with E-state index in [4.69, 9.17) is 21.2 Å². The molecule has 2 N–H and O–H groups in total. The van der Waals surface area contributed by atoms with Crippen LogP contribution in [0.4, 0.5) is 0 Å². The Hall–Kier alpha value is -3.13. The average Bonchev–Trinajstić information content (AvgIpc) is 3.69. The molecular weight excluding hydrogens is 478 g/mol. The Morgan fingerprint density at radius 2 is 2.03 bits per heavy atom. The summed E-state index contributed by atoms with van der Waals surface area (Å²) in [5, 5.41) is 21.0. The highest BCUT2D eigenvalue weighted by Crippen LogP contribution is 2.34. The zero-order valence-electron chi connectivity index (χ0n) is 19.8. The maximum absolute atomic E-state index is 13.5. The quantitative estimate of drug-likeness (QED) is 0.479. The number of halogens is 1. The molecular formula is C28H28ClN3O4. The van der Waals surface area contributed by atoms with Crippen molar-refractivity contribution in [2.24, 2.45) is 5.16 Å². The summed E-state index contributed by atoms with van der Waals surface area (Å²) in [6.07, 6.45) is 2.46. The molecule has 7 nitrogen and oxygen atoms in total. The van der Waals surface area contributed by atoms with Gasteiger partial charge in [-0.05, 0) is 60.8 Å². The Morgan fingerprint density at radius 3 is 2.78 bits per heavy atom. The second-order valence-corrected chi connectivity index (χ2v) is 10.1. The van der Waals surface area contributed by atoms with Crippen molar-refractivity contribution in [3.8, 4) is 5.75 Å². The summed E-state index contributed by atoms with van der Waals surface area (Å²) in [7, 11) is 0. The number of carbonyl (C=O) groups is 1. The molecule has 6 rings (SSSR count). The second-order valence-electron chi connectivity index (χ2n) is 9.71. The number of ether oxygens (including phenoxy) is 1. The van der Waals surface area contributed by atoms with Gasteiger partial charge in [0.2, 0.25) is 0 Å². The molecule has 1 saturated carbocycles. The molecule has 1 aliphatic carbocycles. The smallest absolute Gasteiger partial charge is 0.274 e. The molecule has 0 radical (unpaired) electrons. The average molecular weight is 506 g/mol. The number of aliphatic hydroxyl groups excluding tert-OH is 1. The molecule has 1 amide bonds. The van der Waals surface area contributed by atoms with Gasteiger partial charge in [0.05, 0.1) is 17.2 Å².